The van der Waals surface area contributed by atoms with E-state index in [-0.39, 0.29) is 4.90 Å². The molecule has 0 aliphatic heterocycles. The fourth-order valence-electron chi connectivity index (χ4n) is 2.39. The van der Waals surface area contributed by atoms with Crippen molar-refractivity contribution in [1.82, 2.24) is 3.97 Å². The molecule has 0 spiro atoms. The maximum Gasteiger partial charge on any atom is 0.270 e. The molecule has 0 saturated carbocycles. The standard InChI is InChI=1S/C16H14FNO2S/c1-11-7-9-13(10-8-11)21(19,20)18-15-6-4-3-5-14(15)12(2)16(18)17/h3-10H,1-2H3. The van der Waals surface area contributed by atoms with Crippen LogP contribution in [0.4, 0.5) is 4.39 Å². The Morgan fingerprint density at radius 2 is 1.57 bits per heavy atom. The maximum atomic E-state index is 14.5. The SMILES string of the molecule is Cc1ccc(S(=O)(=O)n2c(F)c(C)c3ccccc32)cc1. The molecule has 0 aliphatic rings. The Morgan fingerprint density at radius 1 is 0.952 bits per heavy atom. The Labute approximate surface area is 122 Å². The van der Waals surface area contributed by atoms with Gasteiger partial charge in [-0.1, -0.05) is 35.9 Å². The largest absolute Gasteiger partial charge is 0.270 e. The number of para-hydroxylation sites is 1. The molecule has 3 aromatic rings. The third-order valence-corrected chi connectivity index (χ3v) is 5.28. The highest BCUT2D eigenvalue weighted by atomic mass is 32.2. The number of hydrogen-bond donors (Lipinski definition) is 0. The van der Waals surface area contributed by atoms with E-state index in [0.29, 0.717) is 16.5 Å². The summed E-state index contributed by atoms with van der Waals surface area (Å²) in [6.07, 6.45) is 0. The van der Waals surface area contributed by atoms with Crippen LogP contribution < -0.4 is 0 Å². The molecule has 0 unspecified atom stereocenters. The molecule has 3 rings (SSSR count). The molecule has 3 nitrogen and oxygen atoms in total. The molecule has 0 saturated heterocycles. The van der Waals surface area contributed by atoms with Gasteiger partial charge in [0.2, 0.25) is 5.95 Å². The lowest BCUT2D eigenvalue weighted by atomic mass is 10.2. The van der Waals surface area contributed by atoms with Gasteiger partial charge in [-0.25, -0.2) is 12.4 Å². The van der Waals surface area contributed by atoms with Crippen molar-refractivity contribution >= 4 is 20.9 Å². The van der Waals surface area contributed by atoms with Crippen LogP contribution in [0.5, 0.6) is 0 Å². The van der Waals surface area contributed by atoms with E-state index in [1.165, 1.54) is 12.1 Å². The van der Waals surface area contributed by atoms with Gasteiger partial charge in [-0.05, 0) is 32.0 Å². The highest BCUT2D eigenvalue weighted by Gasteiger charge is 2.25. The van der Waals surface area contributed by atoms with E-state index in [1.807, 2.05) is 6.92 Å². The predicted molar refractivity (Wildman–Crippen MR) is 80.4 cm³/mol. The molecule has 0 amide bonds. The van der Waals surface area contributed by atoms with Gasteiger partial charge in [0.1, 0.15) is 0 Å². The summed E-state index contributed by atoms with van der Waals surface area (Å²) in [5.41, 5.74) is 1.64. The van der Waals surface area contributed by atoms with Gasteiger partial charge < -0.3 is 0 Å². The molecular formula is C16H14FNO2S. The molecule has 0 fully saturated rings. The first-order valence-corrected chi connectivity index (χ1v) is 7.95. The van der Waals surface area contributed by atoms with Crippen molar-refractivity contribution in [3.63, 3.8) is 0 Å². The van der Waals surface area contributed by atoms with E-state index < -0.39 is 16.0 Å². The smallest absolute Gasteiger partial charge is 0.208 e. The minimum atomic E-state index is -3.95. The molecule has 0 atom stereocenters. The van der Waals surface area contributed by atoms with Crippen LogP contribution in [0.1, 0.15) is 11.1 Å². The Hall–Kier alpha value is -2.14. The van der Waals surface area contributed by atoms with Crippen molar-refractivity contribution < 1.29 is 12.8 Å². The average molecular weight is 303 g/mol. The van der Waals surface area contributed by atoms with Crippen molar-refractivity contribution in [3.05, 3.63) is 65.6 Å². The third kappa shape index (κ3) is 2.05. The molecule has 5 heteroatoms. The van der Waals surface area contributed by atoms with Gasteiger partial charge >= 0.3 is 0 Å². The quantitative estimate of drug-likeness (QED) is 0.725. The van der Waals surface area contributed by atoms with Crippen LogP contribution in [0.2, 0.25) is 0 Å². The lowest BCUT2D eigenvalue weighted by molar-refractivity contribution is 0.541. The zero-order chi connectivity index (χ0) is 15.2. The number of halogens is 1. The molecule has 0 aliphatic carbocycles. The van der Waals surface area contributed by atoms with Crippen LogP contribution in [0.15, 0.2) is 53.4 Å². The van der Waals surface area contributed by atoms with Gasteiger partial charge in [-0.15, -0.1) is 0 Å². The Kier molecular flexibility index (Phi) is 3.10. The lowest BCUT2D eigenvalue weighted by Gasteiger charge is -2.08. The number of nitrogens with zero attached hydrogens (tertiary/aromatic N) is 1. The van der Waals surface area contributed by atoms with E-state index in [1.54, 1.807) is 43.3 Å². The van der Waals surface area contributed by atoms with Crippen molar-refractivity contribution in [1.29, 1.82) is 0 Å². The van der Waals surface area contributed by atoms with Crippen LogP contribution in [0.3, 0.4) is 0 Å². The van der Waals surface area contributed by atoms with E-state index in [4.69, 9.17) is 0 Å². The van der Waals surface area contributed by atoms with Crippen LogP contribution in [0.25, 0.3) is 10.9 Å². The fourth-order valence-corrected chi connectivity index (χ4v) is 3.84. The molecule has 0 radical (unpaired) electrons. The summed E-state index contributed by atoms with van der Waals surface area (Å²) >= 11 is 0. The Balaban J connectivity index is 2.34. The van der Waals surface area contributed by atoms with E-state index in [0.717, 1.165) is 9.54 Å². The monoisotopic (exact) mass is 303 g/mol. The fraction of sp³-hybridized carbons (Fsp3) is 0.125. The summed E-state index contributed by atoms with van der Waals surface area (Å²) in [5, 5.41) is 0.602. The predicted octanol–water partition coefficient (Wildman–Crippen LogP) is 3.63. The van der Waals surface area contributed by atoms with Crippen LogP contribution in [-0.2, 0) is 10.0 Å². The minimum absolute atomic E-state index is 0.0766. The van der Waals surface area contributed by atoms with Gasteiger partial charge in [-0.3, -0.25) is 0 Å². The Bertz CT molecular complexity index is 925. The van der Waals surface area contributed by atoms with E-state index >= 15 is 0 Å². The van der Waals surface area contributed by atoms with Crippen molar-refractivity contribution in [2.75, 3.05) is 0 Å². The highest BCUT2D eigenvalue weighted by Crippen LogP contribution is 2.28. The van der Waals surface area contributed by atoms with E-state index in [2.05, 4.69) is 0 Å². The first-order valence-electron chi connectivity index (χ1n) is 6.50. The normalized spacial score (nSPS) is 12.0. The van der Waals surface area contributed by atoms with Crippen molar-refractivity contribution in [2.24, 2.45) is 0 Å². The second-order valence-electron chi connectivity index (χ2n) is 5.02. The first-order chi connectivity index (χ1) is 9.93. The number of rotatable bonds is 2. The van der Waals surface area contributed by atoms with Gasteiger partial charge in [0.15, 0.2) is 0 Å². The van der Waals surface area contributed by atoms with Gasteiger partial charge in [-0.2, -0.15) is 4.39 Å². The first kappa shape index (κ1) is 13.8. The van der Waals surface area contributed by atoms with Crippen molar-refractivity contribution in [3.8, 4) is 0 Å². The Morgan fingerprint density at radius 3 is 2.24 bits per heavy atom. The number of aryl methyl sites for hydroxylation is 2. The molecule has 0 N–H and O–H groups in total. The summed E-state index contributed by atoms with van der Waals surface area (Å²) in [7, 11) is -3.95. The summed E-state index contributed by atoms with van der Waals surface area (Å²) in [6, 6.07) is 13.2. The molecule has 21 heavy (non-hydrogen) atoms. The van der Waals surface area contributed by atoms with Crippen LogP contribution in [0, 0.1) is 19.8 Å². The molecule has 1 heterocycles. The lowest BCUT2D eigenvalue weighted by Crippen LogP contribution is -2.15. The number of fused-ring (bicyclic) bond motifs is 1. The summed E-state index contributed by atoms with van der Waals surface area (Å²) in [5.74, 6) is -0.739. The molecule has 108 valence electrons. The summed E-state index contributed by atoms with van der Waals surface area (Å²) in [6.45, 7) is 3.45. The number of aromatic nitrogens is 1. The average Bonchev–Trinajstić information content (AvgIpc) is 2.72. The zero-order valence-electron chi connectivity index (χ0n) is 11.7. The molecule has 0 bridgehead atoms. The highest BCUT2D eigenvalue weighted by molar-refractivity contribution is 7.90. The second-order valence-corrected chi connectivity index (χ2v) is 6.80. The van der Waals surface area contributed by atoms with Crippen LogP contribution >= 0.6 is 0 Å². The molecular weight excluding hydrogens is 289 g/mol. The van der Waals surface area contributed by atoms with Gasteiger partial charge in [0, 0.05) is 10.9 Å². The third-order valence-electron chi connectivity index (χ3n) is 3.57. The molecule has 2 aromatic carbocycles. The number of benzene rings is 2. The van der Waals surface area contributed by atoms with E-state index in [9.17, 15) is 12.8 Å². The minimum Gasteiger partial charge on any atom is -0.208 e. The summed E-state index contributed by atoms with van der Waals surface area (Å²) in [4.78, 5) is 0.0766. The second kappa shape index (κ2) is 4.70. The maximum absolute atomic E-state index is 14.5. The van der Waals surface area contributed by atoms with Crippen molar-refractivity contribution in [2.45, 2.75) is 18.7 Å². The van der Waals surface area contributed by atoms with Gasteiger partial charge in [0.05, 0.1) is 10.4 Å². The number of hydrogen-bond acceptors (Lipinski definition) is 2. The topological polar surface area (TPSA) is 39.1 Å². The zero-order valence-corrected chi connectivity index (χ0v) is 12.5. The molecule has 1 aromatic heterocycles. The van der Waals surface area contributed by atoms with Crippen LogP contribution in [-0.4, -0.2) is 12.4 Å². The van der Waals surface area contributed by atoms with Gasteiger partial charge in [0.25, 0.3) is 10.0 Å². The summed E-state index contributed by atoms with van der Waals surface area (Å²) < 4.78 is 40.7.